The first-order valence-corrected chi connectivity index (χ1v) is 6.53. The molecule has 1 heterocycles. The van der Waals surface area contributed by atoms with E-state index in [4.69, 9.17) is 5.11 Å². The van der Waals surface area contributed by atoms with Crippen LogP contribution in [0.5, 0.6) is 0 Å². The molecular formula is C12H19N5O3. The van der Waals surface area contributed by atoms with Crippen molar-refractivity contribution in [2.45, 2.75) is 45.3 Å². The number of nitrogens with zero attached hydrogens (tertiary/aromatic N) is 3. The summed E-state index contributed by atoms with van der Waals surface area (Å²) in [4.78, 5) is 22.3. The normalized spacial score (nSPS) is 14.9. The Balaban J connectivity index is 1.78. The highest BCUT2D eigenvalue weighted by Gasteiger charge is 2.38. The first-order valence-electron chi connectivity index (χ1n) is 6.53. The van der Waals surface area contributed by atoms with Gasteiger partial charge in [-0.1, -0.05) is 5.21 Å². The molecule has 110 valence electrons. The van der Waals surface area contributed by atoms with Gasteiger partial charge in [0.15, 0.2) is 0 Å². The van der Waals surface area contributed by atoms with E-state index in [1.54, 1.807) is 0 Å². The van der Waals surface area contributed by atoms with Gasteiger partial charge in [-0.2, -0.15) is 0 Å². The predicted molar refractivity (Wildman–Crippen MR) is 69.8 cm³/mol. The average Bonchev–Trinajstić information content (AvgIpc) is 3.09. The second kappa shape index (κ2) is 5.48. The summed E-state index contributed by atoms with van der Waals surface area (Å²) in [6, 6.07) is -0.255. The second-order valence-electron chi connectivity index (χ2n) is 5.60. The highest BCUT2D eigenvalue weighted by atomic mass is 16.4. The first kappa shape index (κ1) is 14.3. The molecule has 0 saturated heterocycles. The van der Waals surface area contributed by atoms with Gasteiger partial charge in [0.25, 0.3) is 0 Å². The second-order valence-corrected chi connectivity index (χ2v) is 5.60. The van der Waals surface area contributed by atoms with Crippen molar-refractivity contribution in [1.82, 2.24) is 25.6 Å². The van der Waals surface area contributed by atoms with Crippen LogP contribution in [0.2, 0.25) is 0 Å². The fraction of sp³-hybridized carbons (Fsp3) is 0.667. The van der Waals surface area contributed by atoms with Crippen LogP contribution in [0.4, 0.5) is 4.79 Å². The third kappa shape index (κ3) is 3.94. The highest BCUT2D eigenvalue weighted by Crippen LogP contribution is 2.39. The third-order valence-electron chi connectivity index (χ3n) is 3.35. The molecule has 1 aromatic heterocycles. The van der Waals surface area contributed by atoms with Crippen LogP contribution >= 0.6 is 0 Å². The Morgan fingerprint density at radius 2 is 2.20 bits per heavy atom. The third-order valence-corrected chi connectivity index (χ3v) is 3.35. The van der Waals surface area contributed by atoms with E-state index in [1.165, 1.54) is 10.9 Å². The Morgan fingerprint density at radius 1 is 1.50 bits per heavy atom. The summed E-state index contributed by atoms with van der Waals surface area (Å²) in [7, 11) is 0. The number of rotatable bonds is 6. The summed E-state index contributed by atoms with van der Waals surface area (Å²) in [5.74, 6) is -0.442. The molecule has 8 nitrogen and oxygen atoms in total. The van der Waals surface area contributed by atoms with Crippen LogP contribution in [0.25, 0.3) is 0 Å². The molecule has 2 amide bonds. The maximum absolute atomic E-state index is 11.8. The number of carboxylic acids is 1. The zero-order valence-electron chi connectivity index (χ0n) is 11.6. The zero-order chi connectivity index (χ0) is 14.8. The van der Waals surface area contributed by atoms with Crippen LogP contribution in [0.3, 0.4) is 0 Å². The Labute approximate surface area is 116 Å². The molecular weight excluding hydrogens is 262 g/mol. The van der Waals surface area contributed by atoms with Gasteiger partial charge in [0, 0.05) is 5.54 Å². The maximum Gasteiger partial charge on any atom is 0.325 e. The SMILES string of the molecule is CC(C)(NC(=O)NCc1cn(CC(=O)O)nn1)C1CC1. The molecule has 0 aromatic carbocycles. The van der Waals surface area contributed by atoms with E-state index in [0.717, 1.165) is 12.8 Å². The summed E-state index contributed by atoms with van der Waals surface area (Å²) in [5.41, 5.74) is 0.316. The van der Waals surface area contributed by atoms with Gasteiger partial charge in [-0.3, -0.25) is 4.79 Å². The van der Waals surface area contributed by atoms with Crippen LogP contribution < -0.4 is 10.6 Å². The average molecular weight is 281 g/mol. The summed E-state index contributed by atoms with van der Waals surface area (Å²) >= 11 is 0. The summed E-state index contributed by atoms with van der Waals surface area (Å²) in [5, 5.41) is 21.7. The van der Waals surface area contributed by atoms with E-state index in [2.05, 4.69) is 20.9 Å². The minimum absolute atomic E-state index is 0.203. The van der Waals surface area contributed by atoms with Crippen molar-refractivity contribution < 1.29 is 14.7 Å². The Hall–Kier alpha value is -2.12. The van der Waals surface area contributed by atoms with Crippen LogP contribution in [0, 0.1) is 5.92 Å². The van der Waals surface area contributed by atoms with Gasteiger partial charge in [-0.05, 0) is 32.6 Å². The van der Waals surface area contributed by atoms with Gasteiger partial charge in [0.1, 0.15) is 12.2 Å². The number of carbonyl (C=O) groups excluding carboxylic acids is 1. The monoisotopic (exact) mass is 281 g/mol. The molecule has 0 unspecified atom stereocenters. The lowest BCUT2D eigenvalue weighted by atomic mass is 9.99. The summed E-state index contributed by atoms with van der Waals surface area (Å²) in [6.45, 7) is 3.99. The van der Waals surface area contributed by atoms with Crippen LogP contribution in [-0.2, 0) is 17.9 Å². The van der Waals surface area contributed by atoms with E-state index >= 15 is 0 Å². The number of aliphatic carboxylic acids is 1. The Kier molecular flexibility index (Phi) is 3.91. The molecule has 3 N–H and O–H groups in total. The van der Waals surface area contributed by atoms with Crippen molar-refractivity contribution in [2.24, 2.45) is 5.92 Å². The smallest absolute Gasteiger partial charge is 0.325 e. The van der Waals surface area contributed by atoms with E-state index in [-0.39, 0.29) is 24.7 Å². The molecule has 1 fully saturated rings. The molecule has 0 atom stereocenters. The fourth-order valence-corrected chi connectivity index (χ4v) is 2.05. The van der Waals surface area contributed by atoms with Crippen LogP contribution in [-0.4, -0.2) is 37.6 Å². The lowest BCUT2D eigenvalue weighted by Crippen LogP contribution is -2.49. The van der Waals surface area contributed by atoms with Crippen molar-refractivity contribution in [1.29, 1.82) is 0 Å². The molecule has 1 aromatic rings. The van der Waals surface area contributed by atoms with E-state index in [9.17, 15) is 9.59 Å². The van der Waals surface area contributed by atoms with Gasteiger partial charge >= 0.3 is 12.0 Å². The number of carboxylic acid groups (broad SMARTS) is 1. The minimum Gasteiger partial charge on any atom is -0.480 e. The number of hydrogen-bond donors (Lipinski definition) is 3. The number of aromatic nitrogens is 3. The van der Waals surface area contributed by atoms with Crippen LogP contribution in [0.1, 0.15) is 32.4 Å². The molecule has 0 aliphatic heterocycles. The van der Waals surface area contributed by atoms with Crippen molar-refractivity contribution in [3.8, 4) is 0 Å². The topological polar surface area (TPSA) is 109 Å². The number of amides is 2. The molecule has 0 spiro atoms. The van der Waals surface area contributed by atoms with Gasteiger partial charge in [0.05, 0.1) is 12.7 Å². The van der Waals surface area contributed by atoms with E-state index in [1.807, 2.05) is 13.8 Å². The van der Waals surface area contributed by atoms with Crippen molar-refractivity contribution in [3.05, 3.63) is 11.9 Å². The Bertz CT molecular complexity index is 507. The molecule has 1 saturated carbocycles. The predicted octanol–water partition coefficient (Wildman–Crippen LogP) is 0.350. The van der Waals surface area contributed by atoms with E-state index < -0.39 is 5.97 Å². The first-order chi connectivity index (χ1) is 9.37. The maximum atomic E-state index is 11.8. The van der Waals surface area contributed by atoms with Crippen molar-refractivity contribution >= 4 is 12.0 Å². The Morgan fingerprint density at radius 3 is 2.80 bits per heavy atom. The zero-order valence-corrected chi connectivity index (χ0v) is 11.6. The lowest BCUT2D eigenvalue weighted by Gasteiger charge is -2.26. The molecule has 1 aliphatic carbocycles. The molecule has 1 aliphatic rings. The molecule has 8 heteroatoms. The molecule has 20 heavy (non-hydrogen) atoms. The standard InChI is InChI=1S/C12H19N5O3/c1-12(2,8-3-4-8)14-11(20)13-5-9-6-17(16-15-9)7-10(18)19/h6,8H,3-5,7H2,1-2H3,(H,18,19)(H2,13,14,20). The summed E-state index contributed by atoms with van der Waals surface area (Å²) in [6.07, 6.45) is 3.80. The number of hydrogen-bond acceptors (Lipinski definition) is 4. The van der Waals surface area contributed by atoms with Crippen molar-refractivity contribution in [3.63, 3.8) is 0 Å². The molecule has 0 bridgehead atoms. The quantitative estimate of drug-likeness (QED) is 0.697. The number of urea groups is 1. The minimum atomic E-state index is -0.988. The van der Waals surface area contributed by atoms with Gasteiger partial charge in [-0.25, -0.2) is 9.48 Å². The van der Waals surface area contributed by atoms with Gasteiger partial charge in [-0.15, -0.1) is 5.10 Å². The molecule has 0 radical (unpaired) electrons. The number of nitrogens with one attached hydrogen (secondary N) is 2. The van der Waals surface area contributed by atoms with Crippen LogP contribution in [0.15, 0.2) is 6.20 Å². The van der Waals surface area contributed by atoms with Crippen molar-refractivity contribution in [2.75, 3.05) is 0 Å². The molecule has 2 rings (SSSR count). The largest absolute Gasteiger partial charge is 0.480 e. The van der Waals surface area contributed by atoms with Gasteiger partial charge < -0.3 is 15.7 Å². The fourth-order valence-electron chi connectivity index (χ4n) is 2.05. The van der Waals surface area contributed by atoms with E-state index in [0.29, 0.717) is 11.6 Å². The highest BCUT2D eigenvalue weighted by molar-refractivity contribution is 5.74. The summed E-state index contributed by atoms with van der Waals surface area (Å²) < 4.78 is 1.21. The number of carbonyl (C=O) groups is 2. The van der Waals surface area contributed by atoms with Gasteiger partial charge in [0.2, 0.25) is 0 Å². The lowest BCUT2D eigenvalue weighted by molar-refractivity contribution is -0.137.